The van der Waals surface area contributed by atoms with Crippen LogP contribution in [0.3, 0.4) is 0 Å². The van der Waals surface area contributed by atoms with Gasteiger partial charge < -0.3 is 0 Å². The molecule has 0 N–H and O–H groups in total. The molecular formula is C18H18BrF2NO2S. The van der Waals surface area contributed by atoms with Gasteiger partial charge in [-0.2, -0.15) is 4.31 Å². The monoisotopic (exact) mass is 429 g/mol. The molecule has 0 saturated carbocycles. The maximum Gasteiger partial charge on any atom is 0.221 e. The summed E-state index contributed by atoms with van der Waals surface area (Å²) in [6.07, 6.45) is 1.18. The Morgan fingerprint density at radius 1 is 1.12 bits per heavy atom. The second-order valence-electron chi connectivity index (χ2n) is 6.27. The lowest BCUT2D eigenvalue weighted by atomic mass is 10.0. The second-order valence-corrected chi connectivity index (χ2v) is 9.20. The average Bonchev–Trinajstić information content (AvgIpc) is 2.56. The maximum atomic E-state index is 14.2. The molecule has 2 aromatic carbocycles. The standard InChI is InChI=1S/C18H18BrF2NO2S/c1-12-7-8-18(13-5-3-2-4-6-13)25(23,24)22(12)11-14-9-17(21)15(19)10-16(14)20/h2-6,9-10,12,18H,7-8,11H2,1H3. The first-order valence-corrected chi connectivity index (χ1v) is 10.3. The van der Waals surface area contributed by atoms with Crippen LogP contribution in [0.4, 0.5) is 8.78 Å². The summed E-state index contributed by atoms with van der Waals surface area (Å²) >= 11 is 2.93. The zero-order valence-electron chi connectivity index (χ0n) is 13.6. The molecule has 0 spiro atoms. The predicted octanol–water partition coefficient (Wildman–Crippen LogP) is 4.78. The highest BCUT2D eigenvalue weighted by Gasteiger charge is 2.40. The first-order chi connectivity index (χ1) is 11.8. The Morgan fingerprint density at radius 3 is 2.48 bits per heavy atom. The van der Waals surface area contributed by atoms with Gasteiger partial charge >= 0.3 is 0 Å². The van der Waals surface area contributed by atoms with E-state index in [0.717, 1.165) is 17.7 Å². The van der Waals surface area contributed by atoms with E-state index in [1.165, 1.54) is 4.31 Å². The van der Waals surface area contributed by atoms with Crippen LogP contribution in [0.25, 0.3) is 0 Å². The Bertz CT molecular complexity index is 874. The highest BCUT2D eigenvalue weighted by Crippen LogP contribution is 2.38. The summed E-state index contributed by atoms with van der Waals surface area (Å²) in [4.78, 5) is 0. The van der Waals surface area contributed by atoms with E-state index in [1.807, 2.05) is 6.07 Å². The molecule has 1 fully saturated rings. The molecule has 134 valence electrons. The summed E-state index contributed by atoms with van der Waals surface area (Å²) in [7, 11) is -3.67. The third-order valence-electron chi connectivity index (χ3n) is 4.61. The molecule has 0 radical (unpaired) electrons. The van der Waals surface area contributed by atoms with Gasteiger partial charge in [0.15, 0.2) is 0 Å². The van der Waals surface area contributed by atoms with Gasteiger partial charge in [-0.25, -0.2) is 17.2 Å². The molecule has 3 rings (SSSR count). The molecule has 1 saturated heterocycles. The molecule has 3 nitrogen and oxygen atoms in total. The van der Waals surface area contributed by atoms with Gasteiger partial charge in [-0.1, -0.05) is 30.3 Å². The lowest BCUT2D eigenvalue weighted by molar-refractivity contribution is 0.278. The molecule has 0 bridgehead atoms. The van der Waals surface area contributed by atoms with Crippen molar-refractivity contribution in [2.45, 2.75) is 37.6 Å². The lowest BCUT2D eigenvalue weighted by Crippen LogP contribution is -2.44. The Hall–Kier alpha value is -1.31. The van der Waals surface area contributed by atoms with Crippen molar-refractivity contribution in [3.63, 3.8) is 0 Å². The molecule has 1 heterocycles. The first kappa shape index (κ1) is 18.5. The number of sulfonamides is 1. The molecule has 0 aliphatic carbocycles. The van der Waals surface area contributed by atoms with E-state index in [4.69, 9.17) is 0 Å². The lowest BCUT2D eigenvalue weighted by Gasteiger charge is -2.37. The maximum absolute atomic E-state index is 14.2. The Morgan fingerprint density at radius 2 is 1.80 bits per heavy atom. The zero-order chi connectivity index (χ0) is 18.2. The average molecular weight is 430 g/mol. The molecule has 25 heavy (non-hydrogen) atoms. The third kappa shape index (κ3) is 3.64. The number of nitrogens with zero attached hydrogens (tertiary/aromatic N) is 1. The predicted molar refractivity (Wildman–Crippen MR) is 96.4 cm³/mol. The normalized spacial score (nSPS) is 23.5. The van der Waals surface area contributed by atoms with Gasteiger partial charge in [0.05, 0.1) is 4.47 Å². The zero-order valence-corrected chi connectivity index (χ0v) is 16.0. The van der Waals surface area contributed by atoms with Crippen LogP contribution in [0, 0.1) is 11.6 Å². The molecule has 1 aliphatic heterocycles. The van der Waals surface area contributed by atoms with Gasteiger partial charge in [0.2, 0.25) is 10.0 Å². The molecule has 0 aromatic heterocycles. The van der Waals surface area contributed by atoms with Crippen LogP contribution >= 0.6 is 15.9 Å². The number of halogens is 3. The quantitative estimate of drug-likeness (QED) is 0.658. The van der Waals surface area contributed by atoms with E-state index in [2.05, 4.69) is 15.9 Å². The second kappa shape index (κ2) is 7.13. The van der Waals surface area contributed by atoms with Crippen LogP contribution in [0.15, 0.2) is 46.9 Å². The van der Waals surface area contributed by atoms with Crippen LogP contribution in [-0.4, -0.2) is 18.8 Å². The van der Waals surface area contributed by atoms with Crippen LogP contribution in [0.2, 0.25) is 0 Å². The minimum atomic E-state index is -3.67. The first-order valence-electron chi connectivity index (χ1n) is 7.99. The fraction of sp³-hybridized carbons (Fsp3) is 0.333. The van der Waals surface area contributed by atoms with Gasteiger partial charge in [0.25, 0.3) is 0 Å². The highest BCUT2D eigenvalue weighted by molar-refractivity contribution is 9.10. The van der Waals surface area contributed by atoms with Crippen molar-refractivity contribution < 1.29 is 17.2 Å². The summed E-state index contributed by atoms with van der Waals surface area (Å²) in [6.45, 7) is 1.62. The molecular weight excluding hydrogens is 412 g/mol. The molecule has 2 aromatic rings. The molecule has 0 amide bonds. The number of hydrogen-bond donors (Lipinski definition) is 0. The van der Waals surface area contributed by atoms with Crippen LogP contribution in [0.5, 0.6) is 0 Å². The van der Waals surface area contributed by atoms with Crippen LogP contribution < -0.4 is 0 Å². The summed E-state index contributed by atoms with van der Waals surface area (Å²) < 4.78 is 55.4. The van der Waals surface area contributed by atoms with Crippen LogP contribution in [0.1, 0.15) is 36.1 Å². The summed E-state index contributed by atoms with van der Waals surface area (Å²) in [5.41, 5.74) is 0.756. The molecule has 2 unspecified atom stereocenters. The summed E-state index contributed by atoms with van der Waals surface area (Å²) in [6, 6.07) is 10.8. The Labute approximate surface area is 154 Å². The van der Waals surface area contributed by atoms with Crippen molar-refractivity contribution in [1.29, 1.82) is 0 Å². The van der Waals surface area contributed by atoms with Gasteiger partial charge in [-0.15, -0.1) is 0 Å². The van der Waals surface area contributed by atoms with Crippen molar-refractivity contribution in [2.24, 2.45) is 0 Å². The number of rotatable bonds is 3. The van der Waals surface area contributed by atoms with Gasteiger partial charge in [0.1, 0.15) is 16.9 Å². The van der Waals surface area contributed by atoms with Gasteiger partial charge in [-0.3, -0.25) is 0 Å². The summed E-state index contributed by atoms with van der Waals surface area (Å²) in [5, 5.41) is -0.659. The van der Waals surface area contributed by atoms with Crippen molar-refractivity contribution >= 4 is 26.0 Å². The Kier molecular flexibility index (Phi) is 5.27. The summed E-state index contributed by atoms with van der Waals surface area (Å²) in [5.74, 6) is -1.24. The largest absolute Gasteiger partial charge is 0.221 e. The van der Waals surface area contributed by atoms with E-state index in [1.54, 1.807) is 31.2 Å². The van der Waals surface area contributed by atoms with Crippen molar-refractivity contribution in [2.75, 3.05) is 0 Å². The third-order valence-corrected chi connectivity index (χ3v) is 7.59. The van der Waals surface area contributed by atoms with Crippen molar-refractivity contribution in [3.05, 3.63) is 69.7 Å². The van der Waals surface area contributed by atoms with Gasteiger partial charge in [0, 0.05) is 18.2 Å². The SMILES string of the molecule is CC1CCC(c2ccccc2)S(=O)(=O)N1Cc1cc(F)c(Br)cc1F. The Balaban J connectivity index is 1.96. The minimum Gasteiger partial charge on any atom is -0.212 e. The molecule has 2 atom stereocenters. The minimum absolute atomic E-state index is 0.0189. The van der Waals surface area contributed by atoms with E-state index < -0.39 is 26.9 Å². The van der Waals surface area contributed by atoms with E-state index in [0.29, 0.717) is 12.8 Å². The number of benzene rings is 2. The highest BCUT2D eigenvalue weighted by atomic mass is 79.9. The fourth-order valence-electron chi connectivity index (χ4n) is 3.20. The molecule has 7 heteroatoms. The van der Waals surface area contributed by atoms with Crippen molar-refractivity contribution in [3.8, 4) is 0 Å². The van der Waals surface area contributed by atoms with Gasteiger partial charge in [-0.05, 0) is 53.4 Å². The van der Waals surface area contributed by atoms with E-state index >= 15 is 0 Å². The fourth-order valence-corrected chi connectivity index (χ4v) is 5.71. The van der Waals surface area contributed by atoms with Crippen molar-refractivity contribution in [1.82, 2.24) is 4.31 Å². The van der Waals surface area contributed by atoms with Crippen LogP contribution in [-0.2, 0) is 16.6 Å². The topological polar surface area (TPSA) is 37.4 Å². The number of hydrogen-bond acceptors (Lipinski definition) is 2. The molecule has 1 aliphatic rings. The van der Waals surface area contributed by atoms with E-state index in [9.17, 15) is 17.2 Å². The smallest absolute Gasteiger partial charge is 0.212 e. The van der Waals surface area contributed by atoms with E-state index in [-0.39, 0.29) is 22.6 Å².